The first-order valence-electron chi connectivity index (χ1n) is 9.54. The molecule has 1 aliphatic rings. The Morgan fingerprint density at radius 1 is 1.04 bits per heavy atom. The fraction of sp³-hybridized carbons (Fsp3) is 0.304. The van der Waals surface area contributed by atoms with Gasteiger partial charge in [-0.1, -0.05) is 24.3 Å². The first kappa shape index (κ1) is 17.7. The van der Waals surface area contributed by atoms with Crippen molar-refractivity contribution < 1.29 is 4.74 Å². The summed E-state index contributed by atoms with van der Waals surface area (Å²) in [5.41, 5.74) is 4.61. The number of aromatic nitrogens is 2. The minimum atomic E-state index is 0.372. The molecule has 0 saturated carbocycles. The van der Waals surface area contributed by atoms with Crippen LogP contribution in [0.4, 0.5) is 0 Å². The first-order chi connectivity index (χ1) is 13.3. The number of nitrogens with zero attached hydrogens (tertiary/aromatic N) is 3. The van der Waals surface area contributed by atoms with E-state index in [2.05, 4.69) is 52.3 Å². The first-order valence-corrected chi connectivity index (χ1v) is 9.54. The van der Waals surface area contributed by atoms with Crippen molar-refractivity contribution in [1.29, 1.82) is 0 Å². The van der Waals surface area contributed by atoms with E-state index in [9.17, 15) is 0 Å². The summed E-state index contributed by atoms with van der Waals surface area (Å²) >= 11 is 0. The van der Waals surface area contributed by atoms with Crippen molar-refractivity contribution in [3.8, 4) is 5.75 Å². The molecule has 1 atom stereocenters. The Kier molecular flexibility index (Phi) is 5.45. The minimum Gasteiger partial charge on any atom is -0.497 e. The van der Waals surface area contributed by atoms with E-state index >= 15 is 0 Å². The fourth-order valence-corrected chi connectivity index (χ4v) is 3.82. The van der Waals surface area contributed by atoms with Gasteiger partial charge in [-0.3, -0.25) is 14.9 Å². The van der Waals surface area contributed by atoms with Crippen LogP contribution in [0.15, 0.2) is 66.9 Å². The smallest absolute Gasteiger partial charge is 0.119 e. The molecule has 3 heterocycles. The van der Waals surface area contributed by atoms with Gasteiger partial charge in [0.1, 0.15) is 5.75 Å². The third-order valence-electron chi connectivity index (χ3n) is 5.14. The predicted octanol–water partition coefficient (Wildman–Crippen LogP) is 4.41. The Morgan fingerprint density at radius 3 is 2.78 bits per heavy atom. The van der Waals surface area contributed by atoms with Gasteiger partial charge in [0, 0.05) is 24.9 Å². The Morgan fingerprint density at radius 2 is 1.93 bits per heavy atom. The summed E-state index contributed by atoms with van der Waals surface area (Å²) in [6, 6.07) is 21.1. The molecule has 1 fully saturated rings. The van der Waals surface area contributed by atoms with Crippen LogP contribution in [0, 0.1) is 0 Å². The van der Waals surface area contributed by atoms with E-state index in [4.69, 9.17) is 9.72 Å². The van der Waals surface area contributed by atoms with Crippen LogP contribution in [0.25, 0.3) is 0 Å². The van der Waals surface area contributed by atoms with Crippen LogP contribution in [-0.4, -0.2) is 28.5 Å². The van der Waals surface area contributed by atoms with Crippen molar-refractivity contribution in [3.05, 3.63) is 89.5 Å². The molecule has 1 saturated heterocycles. The second-order valence-electron chi connectivity index (χ2n) is 7.03. The lowest BCUT2D eigenvalue weighted by atomic mass is 10.1. The number of pyridine rings is 2. The Labute approximate surface area is 160 Å². The number of ether oxygens (including phenoxy) is 1. The topological polar surface area (TPSA) is 38.2 Å². The number of methoxy groups -OCH3 is 1. The minimum absolute atomic E-state index is 0.372. The van der Waals surface area contributed by atoms with Crippen LogP contribution in [0.2, 0.25) is 0 Å². The molecule has 2 aromatic heterocycles. The molecule has 27 heavy (non-hydrogen) atoms. The highest BCUT2D eigenvalue weighted by Crippen LogP contribution is 2.32. The highest BCUT2D eigenvalue weighted by molar-refractivity contribution is 5.31. The van der Waals surface area contributed by atoms with Gasteiger partial charge in [0.25, 0.3) is 0 Å². The van der Waals surface area contributed by atoms with Gasteiger partial charge in [-0.15, -0.1) is 0 Å². The molecule has 0 bridgehead atoms. The molecule has 3 aromatic rings. The van der Waals surface area contributed by atoms with Crippen molar-refractivity contribution >= 4 is 0 Å². The number of benzene rings is 1. The average Bonchev–Trinajstić information content (AvgIpc) is 3.17. The van der Waals surface area contributed by atoms with Gasteiger partial charge in [-0.2, -0.15) is 0 Å². The highest BCUT2D eigenvalue weighted by atomic mass is 16.5. The van der Waals surface area contributed by atoms with Gasteiger partial charge in [-0.05, 0) is 61.3 Å². The van der Waals surface area contributed by atoms with Gasteiger partial charge < -0.3 is 4.74 Å². The molecule has 0 amide bonds. The van der Waals surface area contributed by atoms with E-state index in [0.29, 0.717) is 6.04 Å². The quantitative estimate of drug-likeness (QED) is 0.653. The molecule has 4 rings (SSSR count). The molecule has 4 nitrogen and oxygen atoms in total. The standard InChI is InChI=1S/C23H25N3O/c1-27-21-10-4-7-18(16-21)15-19-9-5-11-22(25-19)23-12-6-14-26(23)17-20-8-2-3-13-24-20/h2-5,7-11,13,16,23H,6,12,14-15,17H2,1H3. The molecule has 0 N–H and O–H groups in total. The van der Waals surface area contributed by atoms with Crippen molar-refractivity contribution in [2.45, 2.75) is 31.8 Å². The monoisotopic (exact) mass is 359 g/mol. The van der Waals surface area contributed by atoms with Gasteiger partial charge in [0.2, 0.25) is 0 Å². The molecular weight excluding hydrogens is 334 g/mol. The van der Waals surface area contributed by atoms with Crippen molar-refractivity contribution in [2.75, 3.05) is 13.7 Å². The predicted molar refractivity (Wildman–Crippen MR) is 107 cm³/mol. The Balaban J connectivity index is 1.51. The molecular formula is C23H25N3O. The van der Waals surface area contributed by atoms with E-state index in [-0.39, 0.29) is 0 Å². The van der Waals surface area contributed by atoms with Crippen molar-refractivity contribution in [2.24, 2.45) is 0 Å². The van der Waals surface area contributed by atoms with E-state index in [1.54, 1.807) is 7.11 Å². The summed E-state index contributed by atoms with van der Waals surface area (Å²) in [6.07, 6.45) is 5.05. The van der Waals surface area contributed by atoms with Crippen LogP contribution in [0.5, 0.6) is 5.75 Å². The van der Waals surface area contributed by atoms with E-state index in [0.717, 1.165) is 43.1 Å². The van der Waals surface area contributed by atoms with Crippen molar-refractivity contribution in [1.82, 2.24) is 14.9 Å². The third-order valence-corrected chi connectivity index (χ3v) is 5.14. The summed E-state index contributed by atoms with van der Waals surface area (Å²) < 4.78 is 5.34. The summed E-state index contributed by atoms with van der Waals surface area (Å²) in [7, 11) is 1.70. The fourth-order valence-electron chi connectivity index (χ4n) is 3.82. The normalized spacial score (nSPS) is 17.1. The lowest BCUT2D eigenvalue weighted by molar-refractivity contribution is 0.241. The molecule has 1 unspecified atom stereocenters. The largest absolute Gasteiger partial charge is 0.497 e. The van der Waals surface area contributed by atoms with E-state index in [1.807, 2.05) is 24.4 Å². The summed E-state index contributed by atoms with van der Waals surface area (Å²) in [4.78, 5) is 12.0. The van der Waals surface area contributed by atoms with Crippen LogP contribution in [-0.2, 0) is 13.0 Å². The second-order valence-corrected chi connectivity index (χ2v) is 7.03. The van der Waals surface area contributed by atoms with Gasteiger partial charge in [0.15, 0.2) is 0 Å². The molecule has 0 aliphatic carbocycles. The summed E-state index contributed by atoms with van der Waals surface area (Å²) in [5.74, 6) is 0.890. The molecule has 1 aliphatic heterocycles. The molecule has 0 radical (unpaired) electrons. The molecule has 0 spiro atoms. The molecule has 4 heteroatoms. The number of hydrogen-bond donors (Lipinski definition) is 0. The molecule has 138 valence electrons. The maximum Gasteiger partial charge on any atom is 0.119 e. The molecule has 1 aromatic carbocycles. The van der Waals surface area contributed by atoms with Crippen LogP contribution < -0.4 is 4.74 Å². The van der Waals surface area contributed by atoms with Crippen LogP contribution in [0.1, 0.15) is 41.5 Å². The average molecular weight is 359 g/mol. The van der Waals surface area contributed by atoms with Gasteiger partial charge in [-0.25, -0.2) is 0 Å². The lowest BCUT2D eigenvalue weighted by Gasteiger charge is -2.24. The van der Waals surface area contributed by atoms with Crippen molar-refractivity contribution in [3.63, 3.8) is 0 Å². The zero-order chi connectivity index (χ0) is 18.5. The van der Waals surface area contributed by atoms with E-state index in [1.165, 1.54) is 17.7 Å². The number of rotatable bonds is 6. The lowest BCUT2D eigenvalue weighted by Crippen LogP contribution is -2.24. The summed E-state index contributed by atoms with van der Waals surface area (Å²) in [5, 5.41) is 0. The van der Waals surface area contributed by atoms with Crippen LogP contribution in [0.3, 0.4) is 0 Å². The van der Waals surface area contributed by atoms with Gasteiger partial charge in [0.05, 0.1) is 24.5 Å². The highest BCUT2D eigenvalue weighted by Gasteiger charge is 2.27. The van der Waals surface area contributed by atoms with Gasteiger partial charge >= 0.3 is 0 Å². The third kappa shape index (κ3) is 4.34. The Hall–Kier alpha value is -2.72. The number of hydrogen-bond acceptors (Lipinski definition) is 4. The maximum absolute atomic E-state index is 5.34. The Bertz CT molecular complexity index is 882. The summed E-state index contributed by atoms with van der Waals surface area (Å²) in [6.45, 7) is 1.98. The second kappa shape index (κ2) is 8.31. The zero-order valence-electron chi connectivity index (χ0n) is 15.7. The number of likely N-dealkylation sites (tertiary alicyclic amines) is 1. The maximum atomic E-state index is 5.34. The SMILES string of the molecule is COc1cccc(Cc2cccc(C3CCCN3Cc3ccccn3)n2)c1. The van der Waals surface area contributed by atoms with E-state index < -0.39 is 0 Å². The van der Waals surface area contributed by atoms with Crippen LogP contribution >= 0.6 is 0 Å². The zero-order valence-corrected chi connectivity index (χ0v) is 15.7.